The van der Waals surface area contributed by atoms with Crippen molar-refractivity contribution in [2.75, 3.05) is 5.32 Å². The van der Waals surface area contributed by atoms with Gasteiger partial charge in [0.1, 0.15) is 0 Å². The fourth-order valence-electron chi connectivity index (χ4n) is 2.08. The number of rotatable bonds is 3. The predicted octanol–water partition coefficient (Wildman–Crippen LogP) is 1.94. The summed E-state index contributed by atoms with van der Waals surface area (Å²) in [5, 5.41) is 2.38. The summed E-state index contributed by atoms with van der Waals surface area (Å²) in [6, 6.07) is 9.61. The van der Waals surface area contributed by atoms with Gasteiger partial charge in [0.2, 0.25) is 0 Å². The van der Waals surface area contributed by atoms with Crippen LogP contribution >= 0.6 is 0 Å². The average molecular weight is 347 g/mol. The third kappa shape index (κ3) is 3.30. The molecule has 0 unspecified atom stereocenters. The first-order valence-electron chi connectivity index (χ1n) is 6.87. The second-order valence-corrected chi connectivity index (χ2v) is 6.78. The van der Waals surface area contributed by atoms with Gasteiger partial charge in [0.05, 0.1) is 10.4 Å². The van der Waals surface area contributed by atoms with Gasteiger partial charge < -0.3 is 9.73 Å². The van der Waals surface area contributed by atoms with Crippen molar-refractivity contribution >= 4 is 32.8 Å². The monoisotopic (exact) mass is 347 g/mol. The summed E-state index contributed by atoms with van der Waals surface area (Å²) in [4.78, 5) is 25.4. The molecule has 3 aromatic rings. The van der Waals surface area contributed by atoms with Crippen LogP contribution in [0.2, 0.25) is 0 Å². The zero-order valence-electron chi connectivity index (χ0n) is 12.5. The Labute approximate surface area is 136 Å². The Morgan fingerprint density at radius 3 is 2.54 bits per heavy atom. The van der Waals surface area contributed by atoms with Gasteiger partial charge in [0.15, 0.2) is 5.58 Å². The van der Waals surface area contributed by atoms with Gasteiger partial charge in [-0.25, -0.2) is 22.7 Å². The van der Waals surface area contributed by atoms with E-state index in [0.29, 0.717) is 5.52 Å². The number of amides is 2. The molecule has 24 heavy (non-hydrogen) atoms. The Balaban J connectivity index is 1.76. The first kappa shape index (κ1) is 15.8. The molecule has 0 bridgehead atoms. The molecule has 2 amide bonds. The third-order valence-corrected chi connectivity index (χ3v) is 4.58. The number of urea groups is 1. The van der Waals surface area contributed by atoms with Crippen LogP contribution in [0.1, 0.15) is 5.56 Å². The summed E-state index contributed by atoms with van der Waals surface area (Å²) < 4.78 is 31.0. The number of fused-ring (bicyclic) bond motifs is 1. The molecule has 0 saturated carbocycles. The fraction of sp³-hybridized carbons (Fsp3) is 0.0667. The number of hydrogen-bond acceptors (Lipinski definition) is 5. The van der Waals surface area contributed by atoms with Crippen LogP contribution in [0.25, 0.3) is 11.1 Å². The van der Waals surface area contributed by atoms with Gasteiger partial charge in [-0.05, 0) is 31.2 Å². The van der Waals surface area contributed by atoms with Crippen molar-refractivity contribution < 1.29 is 17.6 Å². The maximum absolute atomic E-state index is 12.1. The second-order valence-electron chi connectivity index (χ2n) is 5.10. The molecule has 0 spiro atoms. The van der Waals surface area contributed by atoms with E-state index in [4.69, 9.17) is 4.42 Å². The Morgan fingerprint density at radius 2 is 1.83 bits per heavy atom. The summed E-state index contributed by atoms with van der Waals surface area (Å²) >= 11 is 0. The van der Waals surface area contributed by atoms with Crippen LogP contribution in [0.3, 0.4) is 0 Å². The van der Waals surface area contributed by atoms with Crippen LogP contribution in [-0.2, 0) is 10.0 Å². The summed E-state index contributed by atoms with van der Waals surface area (Å²) in [6.07, 6.45) is 0. The molecular formula is C15H13N3O5S. The Morgan fingerprint density at radius 1 is 1.12 bits per heavy atom. The number of anilines is 1. The van der Waals surface area contributed by atoms with E-state index < -0.39 is 21.8 Å². The van der Waals surface area contributed by atoms with Crippen molar-refractivity contribution in [1.82, 2.24) is 9.71 Å². The number of hydrogen-bond donors (Lipinski definition) is 3. The average Bonchev–Trinajstić information content (AvgIpc) is 2.86. The summed E-state index contributed by atoms with van der Waals surface area (Å²) in [5.74, 6) is -0.617. The Kier molecular flexibility index (Phi) is 3.86. The number of aryl methyl sites for hydroxylation is 1. The van der Waals surface area contributed by atoms with Crippen molar-refractivity contribution in [2.24, 2.45) is 0 Å². The lowest BCUT2D eigenvalue weighted by Crippen LogP contribution is -2.34. The highest BCUT2D eigenvalue weighted by Gasteiger charge is 2.17. The van der Waals surface area contributed by atoms with E-state index >= 15 is 0 Å². The zero-order chi connectivity index (χ0) is 17.3. The summed E-state index contributed by atoms with van der Waals surface area (Å²) in [7, 11) is -3.98. The van der Waals surface area contributed by atoms with Gasteiger partial charge >= 0.3 is 11.8 Å². The second kappa shape index (κ2) is 5.85. The highest BCUT2D eigenvalue weighted by molar-refractivity contribution is 7.90. The maximum Gasteiger partial charge on any atom is 0.417 e. The van der Waals surface area contributed by atoms with E-state index in [1.807, 2.05) is 11.6 Å². The number of carbonyl (C=O) groups is 1. The van der Waals surface area contributed by atoms with E-state index in [2.05, 4.69) is 10.3 Å². The van der Waals surface area contributed by atoms with Crippen molar-refractivity contribution in [3.05, 3.63) is 58.6 Å². The SMILES string of the molecule is Cc1ccc(S(=O)(=O)NC(=O)Nc2ccc3[nH]c(=O)oc3c2)cc1. The lowest BCUT2D eigenvalue weighted by molar-refractivity contribution is 0.256. The molecule has 1 aromatic heterocycles. The number of aromatic nitrogens is 1. The quantitative estimate of drug-likeness (QED) is 0.668. The molecule has 0 aliphatic heterocycles. The van der Waals surface area contributed by atoms with E-state index in [1.165, 1.54) is 30.3 Å². The molecule has 3 N–H and O–H groups in total. The summed E-state index contributed by atoms with van der Waals surface area (Å²) in [5.41, 5.74) is 1.90. The first-order valence-corrected chi connectivity index (χ1v) is 8.35. The van der Waals surface area contributed by atoms with E-state index in [0.717, 1.165) is 5.56 Å². The summed E-state index contributed by atoms with van der Waals surface area (Å²) in [6.45, 7) is 1.83. The number of oxazole rings is 1. The smallest absolute Gasteiger partial charge is 0.408 e. The topological polar surface area (TPSA) is 121 Å². The van der Waals surface area contributed by atoms with Crippen LogP contribution in [-0.4, -0.2) is 19.4 Å². The molecule has 0 atom stereocenters. The fourth-order valence-corrected chi connectivity index (χ4v) is 2.99. The van der Waals surface area contributed by atoms with E-state index in [1.54, 1.807) is 12.1 Å². The van der Waals surface area contributed by atoms with Crippen LogP contribution in [0.4, 0.5) is 10.5 Å². The number of nitrogens with one attached hydrogen (secondary N) is 3. The molecule has 3 rings (SSSR count). The number of sulfonamides is 1. The zero-order valence-corrected chi connectivity index (χ0v) is 13.3. The molecule has 0 aliphatic carbocycles. The normalized spacial score (nSPS) is 11.4. The lowest BCUT2D eigenvalue weighted by Gasteiger charge is -2.08. The van der Waals surface area contributed by atoms with Crippen molar-refractivity contribution in [2.45, 2.75) is 11.8 Å². The first-order chi connectivity index (χ1) is 11.3. The molecule has 1 heterocycles. The van der Waals surface area contributed by atoms with Gasteiger partial charge in [-0.2, -0.15) is 0 Å². The van der Waals surface area contributed by atoms with Crippen LogP contribution in [0.5, 0.6) is 0 Å². The number of H-pyrrole nitrogens is 1. The minimum atomic E-state index is -3.98. The minimum Gasteiger partial charge on any atom is -0.408 e. The van der Waals surface area contributed by atoms with E-state index in [9.17, 15) is 18.0 Å². The van der Waals surface area contributed by atoms with E-state index in [-0.39, 0.29) is 16.2 Å². The van der Waals surface area contributed by atoms with Crippen LogP contribution in [0.15, 0.2) is 56.6 Å². The molecular weight excluding hydrogens is 334 g/mol. The molecule has 124 valence electrons. The number of carbonyl (C=O) groups excluding carboxylic acids is 1. The Bertz CT molecular complexity index is 1060. The van der Waals surface area contributed by atoms with Gasteiger partial charge in [-0.15, -0.1) is 0 Å². The standard InChI is InChI=1S/C15H13N3O5S/c1-9-2-5-11(6-3-9)24(21,22)18-14(19)16-10-4-7-12-13(8-10)23-15(20)17-12/h2-8H,1H3,(H,17,20)(H2,16,18,19). The molecule has 0 aliphatic rings. The third-order valence-electron chi connectivity index (χ3n) is 3.24. The molecule has 0 fully saturated rings. The number of aromatic amines is 1. The molecule has 0 radical (unpaired) electrons. The Hall–Kier alpha value is -3.07. The molecule has 2 aromatic carbocycles. The molecule has 8 nitrogen and oxygen atoms in total. The van der Waals surface area contributed by atoms with Gasteiger partial charge in [-0.3, -0.25) is 4.98 Å². The van der Waals surface area contributed by atoms with Crippen molar-refractivity contribution in [3.8, 4) is 0 Å². The molecule has 9 heteroatoms. The van der Waals surface area contributed by atoms with Gasteiger partial charge in [0, 0.05) is 11.8 Å². The maximum atomic E-state index is 12.1. The highest BCUT2D eigenvalue weighted by atomic mass is 32.2. The molecule has 0 saturated heterocycles. The number of benzene rings is 2. The predicted molar refractivity (Wildman–Crippen MR) is 87.4 cm³/mol. The highest BCUT2D eigenvalue weighted by Crippen LogP contribution is 2.16. The van der Waals surface area contributed by atoms with Gasteiger partial charge in [0.25, 0.3) is 10.0 Å². The van der Waals surface area contributed by atoms with Crippen molar-refractivity contribution in [1.29, 1.82) is 0 Å². The van der Waals surface area contributed by atoms with Gasteiger partial charge in [-0.1, -0.05) is 17.7 Å². The lowest BCUT2D eigenvalue weighted by atomic mass is 10.2. The van der Waals surface area contributed by atoms with Crippen LogP contribution < -0.4 is 15.8 Å². The van der Waals surface area contributed by atoms with Crippen LogP contribution in [0, 0.1) is 6.92 Å². The minimum absolute atomic E-state index is 0.0182. The van der Waals surface area contributed by atoms with Crippen molar-refractivity contribution in [3.63, 3.8) is 0 Å². The largest absolute Gasteiger partial charge is 0.417 e.